The van der Waals surface area contributed by atoms with Crippen LogP contribution < -0.4 is 15.4 Å². The van der Waals surface area contributed by atoms with Crippen LogP contribution in [0.1, 0.15) is 16.8 Å². The van der Waals surface area contributed by atoms with Crippen molar-refractivity contribution in [1.29, 1.82) is 0 Å². The van der Waals surface area contributed by atoms with Crippen molar-refractivity contribution in [3.05, 3.63) is 60.2 Å². The standard InChI is InChI=1S/C22H25N3O3S/c26-21(17-6-8-19(9-7-17)28-18-4-2-1-3-5-18)24-14-16-12-20(23-13-16)22(27)25-10-11-29-15-25/h1-9,16,20,23H,10-15H2,(H,24,26). The SMILES string of the molecule is O=C(NCC1CNC(C(=O)N2CCSC2)C1)c1ccc(Oc2ccccc2)cc1. The van der Waals surface area contributed by atoms with Crippen molar-refractivity contribution in [2.75, 3.05) is 31.3 Å². The number of hydrogen-bond donors (Lipinski definition) is 2. The number of para-hydroxylation sites is 1. The molecule has 152 valence electrons. The number of benzene rings is 2. The van der Waals surface area contributed by atoms with Gasteiger partial charge in [0.05, 0.1) is 11.9 Å². The van der Waals surface area contributed by atoms with Crippen LogP contribution in [0.15, 0.2) is 54.6 Å². The lowest BCUT2D eigenvalue weighted by Gasteiger charge is -2.19. The van der Waals surface area contributed by atoms with Gasteiger partial charge >= 0.3 is 0 Å². The van der Waals surface area contributed by atoms with E-state index in [1.54, 1.807) is 36.0 Å². The predicted octanol–water partition coefficient (Wildman–Crippen LogP) is 2.72. The Balaban J connectivity index is 1.24. The Labute approximate surface area is 175 Å². The summed E-state index contributed by atoms with van der Waals surface area (Å²) in [4.78, 5) is 26.8. The lowest BCUT2D eigenvalue weighted by Crippen LogP contribution is -2.42. The molecule has 2 N–H and O–H groups in total. The maximum atomic E-state index is 12.5. The number of amides is 2. The Bertz CT molecular complexity index is 838. The molecular weight excluding hydrogens is 386 g/mol. The summed E-state index contributed by atoms with van der Waals surface area (Å²) in [6.07, 6.45) is 0.768. The fraction of sp³-hybridized carbons (Fsp3) is 0.364. The van der Waals surface area contributed by atoms with E-state index < -0.39 is 0 Å². The van der Waals surface area contributed by atoms with Crippen LogP contribution in [0.4, 0.5) is 0 Å². The number of hydrogen-bond acceptors (Lipinski definition) is 5. The van der Waals surface area contributed by atoms with Gasteiger partial charge in [0.1, 0.15) is 11.5 Å². The molecule has 0 radical (unpaired) electrons. The third-order valence-electron chi connectivity index (χ3n) is 5.23. The summed E-state index contributed by atoms with van der Waals surface area (Å²) in [5.41, 5.74) is 0.595. The highest BCUT2D eigenvalue weighted by molar-refractivity contribution is 7.99. The summed E-state index contributed by atoms with van der Waals surface area (Å²) in [5.74, 6) is 3.61. The highest BCUT2D eigenvalue weighted by Crippen LogP contribution is 2.22. The van der Waals surface area contributed by atoms with E-state index >= 15 is 0 Å². The summed E-state index contributed by atoms with van der Waals surface area (Å²) in [7, 11) is 0. The molecule has 2 heterocycles. The van der Waals surface area contributed by atoms with E-state index in [1.807, 2.05) is 35.2 Å². The molecule has 0 aromatic heterocycles. The number of rotatable bonds is 6. The first-order valence-corrected chi connectivity index (χ1v) is 11.1. The number of nitrogens with zero attached hydrogens (tertiary/aromatic N) is 1. The summed E-state index contributed by atoms with van der Waals surface area (Å²) in [6, 6.07) is 16.5. The molecule has 0 spiro atoms. The highest BCUT2D eigenvalue weighted by Gasteiger charge is 2.33. The number of nitrogens with one attached hydrogen (secondary N) is 2. The first-order chi connectivity index (χ1) is 14.2. The highest BCUT2D eigenvalue weighted by atomic mass is 32.2. The first kappa shape index (κ1) is 19.8. The molecule has 0 saturated carbocycles. The van der Waals surface area contributed by atoms with Gasteiger partial charge in [-0.15, -0.1) is 11.8 Å². The van der Waals surface area contributed by atoms with Crippen LogP contribution in [0.5, 0.6) is 11.5 Å². The van der Waals surface area contributed by atoms with E-state index in [9.17, 15) is 9.59 Å². The van der Waals surface area contributed by atoms with Crippen LogP contribution in [0.2, 0.25) is 0 Å². The topological polar surface area (TPSA) is 70.7 Å². The van der Waals surface area contributed by atoms with Crippen molar-refractivity contribution >= 4 is 23.6 Å². The molecule has 0 aliphatic carbocycles. The fourth-order valence-electron chi connectivity index (χ4n) is 3.60. The van der Waals surface area contributed by atoms with Crippen molar-refractivity contribution in [1.82, 2.24) is 15.5 Å². The Kier molecular flexibility index (Phi) is 6.36. The monoisotopic (exact) mass is 411 g/mol. The van der Waals surface area contributed by atoms with Crippen LogP contribution >= 0.6 is 11.8 Å². The molecule has 2 aliphatic heterocycles. The quantitative estimate of drug-likeness (QED) is 0.765. The van der Waals surface area contributed by atoms with Gasteiger partial charge in [-0.25, -0.2) is 0 Å². The van der Waals surface area contributed by atoms with E-state index in [2.05, 4.69) is 10.6 Å². The molecule has 4 rings (SSSR count). The van der Waals surface area contributed by atoms with E-state index in [1.165, 1.54) is 0 Å². The maximum Gasteiger partial charge on any atom is 0.251 e. The van der Waals surface area contributed by atoms with Gasteiger partial charge in [0, 0.05) is 31.0 Å². The van der Waals surface area contributed by atoms with Gasteiger partial charge in [-0.3, -0.25) is 9.59 Å². The first-order valence-electron chi connectivity index (χ1n) is 9.90. The normalized spacial score (nSPS) is 21.2. The van der Waals surface area contributed by atoms with Gasteiger partial charge in [0.25, 0.3) is 5.91 Å². The Morgan fingerprint density at radius 1 is 1.10 bits per heavy atom. The maximum absolute atomic E-state index is 12.5. The van der Waals surface area contributed by atoms with E-state index in [0.29, 0.717) is 17.9 Å². The summed E-state index contributed by atoms with van der Waals surface area (Å²) in [6.45, 7) is 2.15. The van der Waals surface area contributed by atoms with Gasteiger partial charge in [-0.1, -0.05) is 18.2 Å². The Morgan fingerprint density at radius 3 is 2.59 bits per heavy atom. The summed E-state index contributed by atoms with van der Waals surface area (Å²) < 4.78 is 5.75. The third kappa shape index (κ3) is 5.10. The van der Waals surface area contributed by atoms with Crippen molar-refractivity contribution in [2.45, 2.75) is 12.5 Å². The summed E-state index contributed by atoms with van der Waals surface area (Å²) in [5, 5.41) is 6.30. The van der Waals surface area contributed by atoms with Gasteiger partial charge in [0.2, 0.25) is 5.91 Å². The van der Waals surface area contributed by atoms with Crippen LogP contribution in [0, 0.1) is 5.92 Å². The lowest BCUT2D eigenvalue weighted by atomic mass is 10.0. The second-order valence-corrected chi connectivity index (χ2v) is 8.43. The van der Waals surface area contributed by atoms with Crippen LogP contribution in [-0.2, 0) is 4.79 Å². The Hall–Kier alpha value is -2.51. The molecule has 7 heteroatoms. The fourth-order valence-corrected chi connectivity index (χ4v) is 4.55. The van der Waals surface area contributed by atoms with Crippen LogP contribution in [-0.4, -0.2) is 54.0 Å². The van der Waals surface area contributed by atoms with Gasteiger partial charge in [-0.05, 0) is 48.7 Å². The van der Waals surface area contributed by atoms with Gasteiger partial charge < -0.3 is 20.3 Å². The largest absolute Gasteiger partial charge is 0.457 e. The molecule has 2 aliphatic rings. The molecule has 2 aromatic rings. The van der Waals surface area contributed by atoms with E-state index in [0.717, 1.165) is 36.9 Å². The number of ether oxygens (including phenoxy) is 1. The molecular formula is C22H25N3O3S. The Morgan fingerprint density at radius 2 is 1.86 bits per heavy atom. The number of carbonyl (C=O) groups is 2. The molecule has 2 fully saturated rings. The summed E-state index contributed by atoms with van der Waals surface area (Å²) >= 11 is 1.79. The van der Waals surface area contributed by atoms with Crippen molar-refractivity contribution < 1.29 is 14.3 Å². The van der Waals surface area contributed by atoms with Crippen molar-refractivity contribution in [3.63, 3.8) is 0 Å². The zero-order chi connectivity index (χ0) is 20.1. The number of carbonyl (C=O) groups excluding carboxylic acids is 2. The second kappa shape index (κ2) is 9.33. The van der Waals surface area contributed by atoms with Gasteiger partial charge in [-0.2, -0.15) is 0 Å². The zero-order valence-electron chi connectivity index (χ0n) is 16.2. The minimum absolute atomic E-state index is 0.109. The smallest absolute Gasteiger partial charge is 0.251 e. The second-order valence-electron chi connectivity index (χ2n) is 7.35. The predicted molar refractivity (Wildman–Crippen MR) is 114 cm³/mol. The molecule has 0 bridgehead atoms. The minimum Gasteiger partial charge on any atom is -0.457 e. The van der Waals surface area contributed by atoms with E-state index in [4.69, 9.17) is 4.74 Å². The molecule has 2 aromatic carbocycles. The van der Waals surface area contributed by atoms with Gasteiger partial charge in [0.15, 0.2) is 0 Å². The molecule has 2 saturated heterocycles. The molecule has 2 unspecified atom stereocenters. The van der Waals surface area contributed by atoms with E-state index in [-0.39, 0.29) is 23.8 Å². The molecule has 2 atom stereocenters. The van der Waals surface area contributed by atoms with Crippen LogP contribution in [0.3, 0.4) is 0 Å². The molecule has 6 nitrogen and oxygen atoms in total. The number of thioether (sulfide) groups is 1. The average molecular weight is 412 g/mol. The van der Waals surface area contributed by atoms with Crippen molar-refractivity contribution in [2.24, 2.45) is 5.92 Å². The lowest BCUT2D eigenvalue weighted by molar-refractivity contribution is -0.131. The average Bonchev–Trinajstić information content (AvgIpc) is 3.45. The minimum atomic E-state index is -0.120. The zero-order valence-corrected chi connectivity index (χ0v) is 17.0. The van der Waals surface area contributed by atoms with Crippen LogP contribution in [0.25, 0.3) is 0 Å². The molecule has 2 amide bonds. The third-order valence-corrected chi connectivity index (χ3v) is 6.20. The van der Waals surface area contributed by atoms with Crippen molar-refractivity contribution in [3.8, 4) is 11.5 Å². The molecule has 29 heavy (non-hydrogen) atoms.